The summed E-state index contributed by atoms with van der Waals surface area (Å²) in [6.45, 7) is 1.42. The Morgan fingerprint density at radius 3 is 2.52 bits per heavy atom. The Morgan fingerprint density at radius 1 is 1.04 bits per heavy atom. The van der Waals surface area contributed by atoms with Crippen LogP contribution < -0.4 is 4.90 Å². The third-order valence-corrected chi connectivity index (χ3v) is 4.60. The molecule has 0 spiro atoms. The van der Waals surface area contributed by atoms with Gasteiger partial charge in [-0.25, -0.2) is 0 Å². The molecule has 0 aliphatic carbocycles. The van der Waals surface area contributed by atoms with Crippen molar-refractivity contribution in [3.8, 4) is 0 Å². The van der Waals surface area contributed by atoms with Crippen molar-refractivity contribution in [2.24, 2.45) is 0 Å². The number of benzene rings is 1. The summed E-state index contributed by atoms with van der Waals surface area (Å²) in [6, 6.07) is 11.1. The van der Waals surface area contributed by atoms with E-state index < -0.39 is 5.60 Å². The van der Waals surface area contributed by atoms with Crippen molar-refractivity contribution >= 4 is 23.1 Å². The minimum Gasteiger partial charge on any atom is -0.385 e. The van der Waals surface area contributed by atoms with Crippen LogP contribution in [0, 0.1) is 0 Å². The van der Waals surface area contributed by atoms with Crippen LogP contribution in [0.2, 0.25) is 5.02 Å². The van der Waals surface area contributed by atoms with Gasteiger partial charge in [-0.15, -0.1) is 14.8 Å². The minimum atomic E-state index is -0.819. The first-order valence-electron chi connectivity index (χ1n) is 7.43. The molecule has 0 bridgehead atoms. The largest absolute Gasteiger partial charge is 0.385 e. The lowest BCUT2D eigenvalue weighted by Gasteiger charge is -2.39. The molecule has 7 nitrogen and oxygen atoms in total. The fourth-order valence-electron chi connectivity index (χ4n) is 2.96. The molecule has 0 amide bonds. The number of tetrazole rings is 1. The second kappa shape index (κ2) is 5.43. The highest BCUT2D eigenvalue weighted by atomic mass is 35.5. The smallest absolute Gasteiger partial charge is 0.200 e. The van der Waals surface area contributed by atoms with Crippen molar-refractivity contribution in [2.45, 2.75) is 18.4 Å². The molecule has 3 aromatic rings. The first kappa shape index (κ1) is 14.3. The van der Waals surface area contributed by atoms with Crippen LogP contribution in [-0.2, 0) is 5.60 Å². The van der Waals surface area contributed by atoms with Crippen LogP contribution in [0.1, 0.15) is 18.4 Å². The van der Waals surface area contributed by atoms with E-state index in [0.29, 0.717) is 36.6 Å². The van der Waals surface area contributed by atoms with Crippen LogP contribution in [0.25, 0.3) is 5.65 Å². The lowest BCUT2D eigenvalue weighted by Crippen LogP contribution is -2.43. The van der Waals surface area contributed by atoms with Crippen molar-refractivity contribution in [1.29, 1.82) is 0 Å². The second-order valence-electron chi connectivity index (χ2n) is 5.74. The van der Waals surface area contributed by atoms with Gasteiger partial charge in [0.2, 0.25) is 0 Å². The molecule has 1 aromatic carbocycles. The maximum Gasteiger partial charge on any atom is 0.200 e. The zero-order chi connectivity index (χ0) is 15.9. The maximum absolute atomic E-state index is 10.9. The number of rotatable bonds is 2. The lowest BCUT2D eigenvalue weighted by atomic mass is 9.84. The molecule has 0 unspecified atom stereocenters. The highest BCUT2D eigenvalue weighted by Gasteiger charge is 2.34. The first-order valence-corrected chi connectivity index (χ1v) is 7.81. The Hall–Kier alpha value is -2.25. The standard InChI is InChI=1S/C15H15ClN6O/c16-12-3-1-11(2-4-12)15(23)7-9-21(10-8-15)14-6-5-13-17-19-20-22(13)18-14/h1-6,23H,7-10H2. The Labute approximate surface area is 137 Å². The zero-order valence-corrected chi connectivity index (χ0v) is 13.1. The third kappa shape index (κ3) is 2.62. The molecule has 3 heterocycles. The van der Waals surface area contributed by atoms with E-state index >= 15 is 0 Å². The molecule has 0 saturated carbocycles. The summed E-state index contributed by atoms with van der Waals surface area (Å²) in [4.78, 5) is 2.13. The molecule has 1 fully saturated rings. The molecule has 2 aromatic heterocycles. The van der Waals surface area contributed by atoms with Crippen LogP contribution in [-0.4, -0.2) is 43.5 Å². The van der Waals surface area contributed by atoms with E-state index in [0.717, 1.165) is 11.4 Å². The van der Waals surface area contributed by atoms with Crippen LogP contribution in [0.3, 0.4) is 0 Å². The van der Waals surface area contributed by atoms with Gasteiger partial charge < -0.3 is 10.0 Å². The number of hydrogen-bond acceptors (Lipinski definition) is 6. The molecular weight excluding hydrogens is 316 g/mol. The SMILES string of the molecule is OC1(c2ccc(Cl)cc2)CCN(c2ccc3nnnn3n2)CC1. The Balaban J connectivity index is 1.52. The van der Waals surface area contributed by atoms with Gasteiger partial charge in [-0.05, 0) is 53.1 Å². The average Bonchev–Trinajstić information content (AvgIpc) is 3.03. The molecule has 1 aliphatic heterocycles. The molecule has 0 atom stereocenters. The van der Waals surface area contributed by atoms with Crippen molar-refractivity contribution < 1.29 is 5.11 Å². The number of aromatic nitrogens is 5. The summed E-state index contributed by atoms with van der Waals surface area (Å²) >= 11 is 5.92. The van der Waals surface area contributed by atoms with Crippen molar-refractivity contribution in [1.82, 2.24) is 25.3 Å². The van der Waals surface area contributed by atoms with Crippen LogP contribution >= 0.6 is 11.6 Å². The summed E-state index contributed by atoms with van der Waals surface area (Å²) < 4.78 is 1.41. The molecule has 23 heavy (non-hydrogen) atoms. The summed E-state index contributed by atoms with van der Waals surface area (Å²) in [7, 11) is 0. The lowest BCUT2D eigenvalue weighted by molar-refractivity contribution is 0.0116. The number of nitrogens with zero attached hydrogens (tertiary/aromatic N) is 6. The van der Waals surface area contributed by atoms with Gasteiger partial charge in [-0.3, -0.25) is 0 Å². The fraction of sp³-hybridized carbons (Fsp3) is 0.333. The third-order valence-electron chi connectivity index (χ3n) is 4.35. The highest BCUT2D eigenvalue weighted by Crippen LogP contribution is 2.34. The summed E-state index contributed by atoms with van der Waals surface area (Å²) in [5.41, 5.74) is 0.703. The predicted molar refractivity (Wildman–Crippen MR) is 85.4 cm³/mol. The first-order chi connectivity index (χ1) is 11.1. The van der Waals surface area contributed by atoms with E-state index in [9.17, 15) is 5.11 Å². The van der Waals surface area contributed by atoms with E-state index in [4.69, 9.17) is 11.6 Å². The maximum atomic E-state index is 10.9. The highest BCUT2D eigenvalue weighted by molar-refractivity contribution is 6.30. The number of piperidine rings is 1. The summed E-state index contributed by atoms with van der Waals surface area (Å²) in [5, 5.41) is 27.2. The molecule has 1 N–H and O–H groups in total. The van der Waals surface area contributed by atoms with Crippen LogP contribution in [0.5, 0.6) is 0 Å². The van der Waals surface area contributed by atoms with Gasteiger partial charge in [-0.1, -0.05) is 23.7 Å². The summed E-state index contributed by atoms with van der Waals surface area (Å²) in [6.07, 6.45) is 1.26. The Kier molecular flexibility index (Phi) is 3.39. The fourth-order valence-corrected chi connectivity index (χ4v) is 3.09. The second-order valence-corrected chi connectivity index (χ2v) is 6.18. The number of aliphatic hydroxyl groups is 1. The van der Waals surface area contributed by atoms with Crippen molar-refractivity contribution in [2.75, 3.05) is 18.0 Å². The zero-order valence-electron chi connectivity index (χ0n) is 12.3. The topological polar surface area (TPSA) is 79.4 Å². The molecule has 1 saturated heterocycles. The van der Waals surface area contributed by atoms with E-state index in [1.807, 2.05) is 36.4 Å². The number of anilines is 1. The number of halogens is 1. The van der Waals surface area contributed by atoms with E-state index in [-0.39, 0.29) is 0 Å². The molecule has 118 valence electrons. The molecule has 0 radical (unpaired) electrons. The number of fused-ring (bicyclic) bond motifs is 1. The van der Waals surface area contributed by atoms with Crippen molar-refractivity contribution in [3.05, 3.63) is 47.0 Å². The quantitative estimate of drug-likeness (QED) is 0.770. The summed E-state index contributed by atoms with van der Waals surface area (Å²) in [5.74, 6) is 0.808. The van der Waals surface area contributed by atoms with Gasteiger partial charge in [0.1, 0.15) is 0 Å². The Morgan fingerprint density at radius 2 is 1.78 bits per heavy atom. The van der Waals surface area contributed by atoms with Gasteiger partial charge in [0.15, 0.2) is 11.5 Å². The van der Waals surface area contributed by atoms with Gasteiger partial charge in [-0.2, -0.15) is 0 Å². The van der Waals surface area contributed by atoms with Gasteiger partial charge in [0.25, 0.3) is 0 Å². The van der Waals surface area contributed by atoms with E-state index in [1.54, 1.807) is 0 Å². The van der Waals surface area contributed by atoms with E-state index in [1.165, 1.54) is 4.63 Å². The molecule has 4 rings (SSSR count). The number of hydrogen-bond donors (Lipinski definition) is 1. The molecular formula is C15H15ClN6O. The Bertz CT molecular complexity index is 825. The van der Waals surface area contributed by atoms with E-state index in [2.05, 4.69) is 25.5 Å². The monoisotopic (exact) mass is 330 g/mol. The van der Waals surface area contributed by atoms with Gasteiger partial charge in [0, 0.05) is 18.1 Å². The average molecular weight is 331 g/mol. The van der Waals surface area contributed by atoms with Crippen LogP contribution in [0.15, 0.2) is 36.4 Å². The minimum absolute atomic E-state index is 0.614. The van der Waals surface area contributed by atoms with Gasteiger partial charge >= 0.3 is 0 Å². The van der Waals surface area contributed by atoms with Crippen molar-refractivity contribution in [3.63, 3.8) is 0 Å². The normalized spacial score (nSPS) is 17.6. The molecule has 1 aliphatic rings. The van der Waals surface area contributed by atoms with Crippen LogP contribution in [0.4, 0.5) is 5.82 Å². The predicted octanol–water partition coefficient (Wildman–Crippen LogP) is 1.66. The molecule has 8 heteroatoms. The van der Waals surface area contributed by atoms with Gasteiger partial charge in [0.05, 0.1) is 5.60 Å².